The number of rotatable bonds is 3. The van der Waals surface area contributed by atoms with Crippen LogP contribution in [0.25, 0.3) is 0 Å². The number of hydrogen-bond donors (Lipinski definition) is 0. The molecular formula is C7H7ClN2O3. The van der Waals surface area contributed by atoms with Crippen LogP contribution in [-0.2, 0) is 0 Å². The van der Waals surface area contributed by atoms with Gasteiger partial charge < -0.3 is 9.47 Å². The third kappa shape index (κ3) is 1.86. The molecule has 0 aliphatic rings. The fraction of sp³-hybridized carbons (Fsp3) is 0.286. The molecule has 1 heterocycles. The molecule has 6 heteroatoms. The predicted octanol–water partition coefficient (Wildman–Crippen LogP) is 0.960. The Bertz CT molecular complexity index is 330. The normalized spacial score (nSPS) is 9.46. The number of ether oxygens (including phenoxy) is 2. The Morgan fingerprint density at radius 1 is 1.31 bits per heavy atom. The summed E-state index contributed by atoms with van der Waals surface area (Å²) >= 11 is 5.70. The largest absolute Gasteiger partial charge is 0.480 e. The molecule has 0 aliphatic heterocycles. The van der Waals surface area contributed by atoms with Crippen LogP contribution < -0.4 is 9.47 Å². The number of carbonyl (C=O) groups excluding carboxylic acids is 1. The van der Waals surface area contributed by atoms with Gasteiger partial charge in [-0.1, -0.05) is 11.6 Å². The highest BCUT2D eigenvalue weighted by atomic mass is 35.5. The van der Waals surface area contributed by atoms with Crippen LogP contribution in [0.5, 0.6) is 11.9 Å². The first-order valence-corrected chi connectivity index (χ1v) is 3.71. The summed E-state index contributed by atoms with van der Waals surface area (Å²) in [6.45, 7) is 0. The average molecular weight is 203 g/mol. The lowest BCUT2D eigenvalue weighted by Gasteiger charge is -2.04. The highest BCUT2D eigenvalue weighted by molar-refractivity contribution is 6.33. The fourth-order valence-corrected chi connectivity index (χ4v) is 0.933. The molecule has 0 amide bonds. The number of aromatic nitrogens is 2. The monoisotopic (exact) mass is 202 g/mol. The van der Waals surface area contributed by atoms with Crippen molar-refractivity contribution in [3.63, 3.8) is 0 Å². The minimum atomic E-state index is 0.0448. The van der Waals surface area contributed by atoms with Gasteiger partial charge in [0.2, 0.25) is 5.88 Å². The molecular weight excluding hydrogens is 196 g/mol. The van der Waals surface area contributed by atoms with E-state index in [1.807, 2.05) is 0 Å². The molecule has 0 aromatic carbocycles. The molecule has 0 saturated heterocycles. The van der Waals surface area contributed by atoms with E-state index >= 15 is 0 Å². The lowest BCUT2D eigenvalue weighted by molar-refractivity contribution is 0.111. The van der Waals surface area contributed by atoms with Crippen molar-refractivity contribution in [2.24, 2.45) is 0 Å². The van der Waals surface area contributed by atoms with Crippen molar-refractivity contribution in [1.29, 1.82) is 0 Å². The lowest BCUT2D eigenvalue weighted by atomic mass is 10.4. The Morgan fingerprint density at radius 2 is 2.00 bits per heavy atom. The Labute approximate surface area is 79.7 Å². The lowest BCUT2D eigenvalue weighted by Crippen LogP contribution is -2.00. The van der Waals surface area contributed by atoms with Crippen molar-refractivity contribution in [1.82, 2.24) is 9.97 Å². The maximum atomic E-state index is 10.5. The minimum Gasteiger partial charge on any atom is -0.480 e. The van der Waals surface area contributed by atoms with Crippen molar-refractivity contribution < 1.29 is 14.3 Å². The van der Waals surface area contributed by atoms with Gasteiger partial charge >= 0.3 is 6.01 Å². The van der Waals surface area contributed by atoms with E-state index in [9.17, 15) is 4.79 Å². The number of nitrogens with zero attached hydrogens (tertiary/aromatic N) is 2. The highest BCUT2D eigenvalue weighted by Crippen LogP contribution is 2.25. The Hall–Kier alpha value is -1.36. The summed E-state index contributed by atoms with van der Waals surface area (Å²) in [4.78, 5) is 18.0. The SMILES string of the molecule is COc1nc(C=O)c(Cl)c(OC)n1. The summed E-state index contributed by atoms with van der Waals surface area (Å²) < 4.78 is 9.54. The zero-order valence-electron chi connectivity index (χ0n) is 7.07. The first-order valence-electron chi connectivity index (χ1n) is 3.33. The van der Waals surface area contributed by atoms with Gasteiger partial charge in [-0.3, -0.25) is 4.79 Å². The van der Waals surface area contributed by atoms with Gasteiger partial charge in [0, 0.05) is 0 Å². The predicted molar refractivity (Wildman–Crippen MR) is 45.5 cm³/mol. The molecule has 0 unspecified atom stereocenters. The quantitative estimate of drug-likeness (QED) is 0.684. The van der Waals surface area contributed by atoms with Crippen molar-refractivity contribution in [2.45, 2.75) is 0 Å². The van der Waals surface area contributed by atoms with Crippen LogP contribution in [0.4, 0.5) is 0 Å². The van der Waals surface area contributed by atoms with Crippen molar-refractivity contribution in [3.05, 3.63) is 10.7 Å². The van der Waals surface area contributed by atoms with Gasteiger partial charge in [-0.25, -0.2) is 0 Å². The molecule has 1 aromatic rings. The second-order valence-corrected chi connectivity index (χ2v) is 2.41. The molecule has 0 saturated carbocycles. The van der Waals surface area contributed by atoms with E-state index in [0.717, 1.165) is 0 Å². The Morgan fingerprint density at radius 3 is 2.46 bits per heavy atom. The van der Waals surface area contributed by atoms with Gasteiger partial charge in [-0.15, -0.1) is 0 Å². The zero-order valence-corrected chi connectivity index (χ0v) is 7.83. The number of aldehydes is 1. The first kappa shape index (κ1) is 9.73. The molecule has 1 rings (SSSR count). The van der Waals surface area contributed by atoms with E-state index in [1.165, 1.54) is 14.2 Å². The molecule has 0 atom stereocenters. The second kappa shape index (κ2) is 4.04. The molecule has 0 bridgehead atoms. The summed E-state index contributed by atoms with van der Waals surface area (Å²) in [6, 6.07) is 0.0448. The van der Waals surface area contributed by atoms with Gasteiger partial charge in [0.15, 0.2) is 6.29 Å². The van der Waals surface area contributed by atoms with Crippen molar-refractivity contribution >= 4 is 17.9 Å². The number of halogens is 1. The van der Waals surface area contributed by atoms with E-state index < -0.39 is 0 Å². The summed E-state index contributed by atoms with van der Waals surface area (Å²) in [5, 5.41) is 0.0818. The van der Waals surface area contributed by atoms with Crippen LogP contribution in [0.1, 0.15) is 10.5 Å². The summed E-state index contributed by atoms with van der Waals surface area (Å²) in [5.41, 5.74) is 0.0466. The van der Waals surface area contributed by atoms with Crippen LogP contribution in [-0.4, -0.2) is 30.5 Å². The number of hydrogen-bond acceptors (Lipinski definition) is 5. The van der Waals surface area contributed by atoms with Crippen molar-refractivity contribution in [3.8, 4) is 11.9 Å². The van der Waals surface area contributed by atoms with E-state index in [2.05, 4.69) is 9.97 Å². The van der Waals surface area contributed by atoms with E-state index in [1.54, 1.807) is 0 Å². The molecule has 0 N–H and O–H groups in total. The van der Waals surface area contributed by atoms with Crippen LogP contribution in [0.2, 0.25) is 5.02 Å². The van der Waals surface area contributed by atoms with E-state index in [4.69, 9.17) is 21.1 Å². The van der Waals surface area contributed by atoms with Gasteiger partial charge in [0.05, 0.1) is 14.2 Å². The maximum absolute atomic E-state index is 10.5. The molecule has 13 heavy (non-hydrogen) atoms. The van der Waals surface area contributed by atoms with Crippen molar-refractivity contribution in [2.75, 3.05) is 14.2 Å². The summed E-state index contributed by atoms with van der Waals surface area (Å²) in [7, 11) is 2.78. The van der Waals surface area contributed by atoms with E-state index in [0.29, 0.717) is 6.29 Å². The smallest absolute Gasteiger partial charge is 0.320 e. The van der Waals surface area contributed by atoms with Gasteiger partial charge in [0.1, 0.15) is 10.7 Å². The third-order valence-electron chi connectivity index (χ3n) is 1.31. The van der Waals surface area contributed by atoms with E-state index in [-0.39, 0.29) is 22.6 Å². The molecule has 0 spiro atoms. The topological polar surface area (TPSA) is 61.3 Å². The van der Waals surface area contributed by atoms with Crippen LogP contribution in [0.15, 0.2) is 0 Å². The standard InChI is InChI=1S/C7H7ClN2O3/c1-12-6-5(8)4(3-11)9-7(10-6)13-2/h3H,1-2H3. The van der Waals surface area contributed by atoms with Gasteiger partial charge in [-0.2, -0.15) is 9.97 Å². The number of methoxy groups -OCH3 is 2. The second-order valence-electron chi connectivity index (χ2n) is 2.04. The highest BCUT2D eigenvalue weighted by Gasteiger charge is 2.12. The molecule has 70 valence electrons. The average Bonchev–Trinajstić information content (AvgIpc) is 2.18. The Balaban J connectivity index is 3.28. The molecule has 0 fully saturated rings. The first-order chi connectivity index (χ1) is 6.22. The minimum absolute atomic E-state index is 0.0448. The van der Waals surface area contributed by atoms with Crippen LogP contribution in [0.3, 0.4) is 0 Å². The fourth-order valence-electron chi connectivity index (χ4n) is 0.727. The van der Waals surface area contributed by atoms with Crippen LogP contribution >= 0.6 is 11.6 Å². The number of carbonyl (C=O) groups is 1. The Kier molecular flexibility index (Phi) is 3.02. The summed E-state index contributed by atoms with van der Waals surface area (Å²) in [6.07, 6.45) is 0.509. The maximum Gasteiger partial charge on any atom is 0.320 e. The third-order valence-corrected chi connectivity index (χ3v) is 1.67. The van der Waals surface area contributed by atoms with Gasteiger partial charge in [0.25, 0.3) is 0 Å². The summed E-state index contributed by atoms with van der Waals surface area (Å²) in [5.74, 6) is 0.121. The molecule has 5 nitrogen and oxygen atoms in total. The van der Waals surface area contributed by atoms with Gasteiger partial charge in [-0.05, 0) is 0 Å². The van der Waals surface area contributed by atoms with Crippen LogP contribution in [0, 0.1) is 0 Å². The zero-order chi connectivity index (χ0) is 9.84. The molecule has 1 aromatic heterocycles. The molecule has 0 radical (unpaired) electrons. The molecule has 0 aliphatic carbocycles.